The SMILES string of the molecule is C=CC(=O)OCC(O)CCN. The number of aliphatic hydroxyl groups is 1. The monoisotopic (exact) mass is 159 g/mol. The van der Waals surface area contributed by atoms with E-state index in [4.69, 9.17) is 10.8 Å². The van der Waals surface area contributed by atoms with Crippen molar-refractivity contribution in [2.24, 2.45) is 5.73 Å². The maximum atomic E-state index is 10.4. The van der Waals surface area contributed by atoms with E-state index in [0.717, 1.165) is 6.08 Å². The zero-order valence-corrected chi connectivity index (χ0v) is 6.32. The van der Waals surface area contributed by atoms with Gasteiger partial charge in [-0.15, -0.1) is 0 Å². The van der Waals surface area contributed by atoms with E-state index in [1.54, 1.807) is 0 Å². The highest BCUT2D eigenvalue weighted by atomic mass is 16.5. The first-order valence-electron chi connectivity index (χ1n) is 3.38. The maximum absolute atomic E-state index is 10.4. The smallest absolute Gasteiger partial charge is 0.330 e. The summed E-state index contributed by atoms with van der Waals surface area (Å²) in [6.07, 6.45) is 0.823. The van der Waals surface area contributed by atoms with Gasteiger partial charge in [-0.3, -0.25) is 0 Å². The van der Waals surface area contributed by atoms with Gasteiger partial charge in [0, 0.05) is 6.08 Å². The summed E-state index contributed by atoms with van der Waals surface area (Å²) in [7, 11) is 0. The van der Waals surface area contributed by atoms with Gasteiger partial charge in [-0.1, -0.05) is 6.58 Å². The number of ether oxygens (including phenoxy) is 1. The van der Waals surface area contributed by atoms with Crippen LogP contribution in [0.5, 0.6) is 0 Å². The Morgan fingerprint density at radius 2 is 2.45 bits per heavy atom. The molecular formula is C7H13NO3. The Kier molecular flexibility index (Phi) is 5.42. The van der Waals surface area contributed by atoms with Crippen molar-refractivity contribution in [3.05, 3.63) is 12.7 Å². The van der Waals surface area contributed by atoms with Crippen molar-refractivity contribution in [1.82, 2.24) is 0 Å². The predicted octanol–water partition coefficient (Wildman–Crippen LogP) is -0.575. The molecule has 1 atom stereocenters. The lowest BCUT2D eigenvalue weighted by molar-refractivity contribution is -0.140. The highest BCUT2D eigenvalue weighted by molar-refractivity contribution is 5.81. The van der Waals surface area contributed by atoms with E-state index in [1.165, 1.54) is 0 Å². The van der Waals surface area contributed by atoms with Gasteiger partial charge in [-0.25, -0.2) is 4.79 Å². The largest absolute Gasteiger partial charge is 0.460 e. The molecule has 0 amide bonds. The minimum Gasteiger partial charge on any atom is -0.460 e. The van der Waals surface area contributed by atoms with Crippen LogP contribution in [0.4, 0.5) is 0 Å². The predicted molar refractivity (Wildman–Crippen MR) is 40.8 cm³/mol. The molecule has 0 aliphatic heterocycles. The zero-order chi connectivity index (χ0) is 8.69. The van der Waals surface area contributed by atoms with Gasteiger partial charge >= 0.3 is 5.97 Å². The van der Waals surface area contributed by atoms with E-state index in [2.05, 4.69) is 11.3 Å². The van der Waals surface area contributed by atoms with Crippen LogP contribution in [0.25, 0.3) is 0 Å². The van der Waals surface area contributed by atoms with Crippen LogP contribution in [0.1, 0.15) is 6.42 Å². The summed E-state index contributed by atoms with van der Waals surface area (Å²) in [6, 6.07) is 0. The molecule has 0 rings (SSSR count). The zero-order valence-electron chi connectivity index (χ0n) is 6.32. The Morgan fingerprint density at radius 1 is 1.82 bits per heavy atom. The normalized spacial score (nSPS) is 12.2. The Bertz CT molecular complexity index is 136. The first-order chi connectivity index (χ1) is 5.20. The average molecular weight is 159 g/mol. The number of carbonyl (C=O) groups is 1. The molecule has 3 N–H and O–H groups in total. The van der Waals surface area contributed by atoms with Crippen molar-refractivity contribution in [2.75, 3.05) is 13.2 Å². The topological polar surface area (TPSA) is 72.5 Å². The molecule has 1 unspecified atom stereocenters. The quantitative estimate of drug-likeness (QED) is 0.416. The van der Waals surface area contributed by atoms with Crippen LogP contribution in [0.2, 0.25) is 0 Å². The molecule has 0 aliphatic rings. The molecule has 4 nitrogen and oxygen atoms in total. The standard InChI is InChI=1S/C7H13NO3/c1-2-7(10)11-5-6(9)3-4-8/h2,6,9H,1,3-5,8H2. The Hall–Kier alpha value is -0.870. The molecule has 0 fully saturated rings. The lowest BCUT2D eigenvalue weighted by Gasteiger charge is -2.07. The Morgan fingerprint density at radius 3 is 2.91 bits per heavy atom. The lowest BCUT2D eigenvalue weighted by atomic mass is 10.3. The van der Waals surface area contributed by atoms with Gasteiger partial charge in [-0.2, -0.15) is 0 Å². The van der Waals surface area contributed by atoms with Crippen molar-refractivity contribution < 1.29 is 14.6 Å². The molecule has 0 bridgehead atoms. The van der Waals surface area contributed by atoms with Crippen LogP contribution in [0.15, 0.2) is 12.7 Å². The van der Waals surface area contributed by atoms with Crippen molar-refractivity contribution >= 4 is 5.97 Å². The van der Waals surface area contributed by atoms with Gasteiger partial charge in [0.1, 0.15) is 6.61 Å². The molecule has 0 saturated carbocycles. The molecule has 0 aromatic heterocycles. The summed E-state index contributed by atoms with van der Waals surface area (Å²) >= 11 is 0. The van der Waals surface area contributed by atoms with Crippen LogP contribution in [0.3, 0.4) is 0 Å². The van der Waals surface area contributed by atoms with E-state index in [0.29, 0.717) is 13.0 Å². The van der Waals surface area contributed by atoms with E-state index >= 15 is 0 Å². The van der Waals surface area contributed by atoms with E-state index in [1.807, 2.05) is 0 Å². The highest BCUT2D eigenvalue weighted by Crippen LogP contribution is 1.90. The van der Waals surface area contributed by atoms with E-state index < -0.39 is 12.1 Å². The number of esters is 1. The second-order valence-electron chi connectivity index (χ2n) is 2.07. The van der Waals surface area contributed by atoms with E-state index in [9.17, 15) is 4.79 Å². The second kappa shape index (κ2) is 5.88. The van der Waals surface area contributed by atoms with Crippen LogP contribution in [-0.2, 0) is 9.53 Å². The van der Waals surface area contributed by atoms with Gasteiger partial charge in [0.15, 0.2) is 0 Å². The number of carbonyl (C=O) groups excluding carboxylic acids is 1. The van der Waals surface area contributed by atoms with Crippen molar-refractivity contribution in [3.8, 4) is 0 Å². The number of hydrogen-bond acceptors (Lipinski definition) is 4. The van der Waals surface area contributed by atoms with Crippen LogP contribution >= 0.6 is 0 Å². The van der Waals surface area contributed by atoms with Gasteiger partial charge in [0.2, 0.25) is 0 Å². The van der Waals surface area contributed by atoms with Crippen LogP contribution in [0, 0.1) is 0 Å². The molecule has 11 heavy (non-hydrogen) atoms. The molecule has 0 radical (unpaired) electrons. The summed E-state index contributed by atoms with van der Waals surface area (Å²) in [4.78, 5) is 10.4. The van der Waals surface area contributed by atoms with Gasteiger partial charge in [-0.05, 0) is 13.0 Å². The second-order valence-corrected chi connectivity index (χ2v) is 2.07. The summed E-state index contributed by atoms with van der Waals surface area (Å²) in [5, 5.41) is 9.00. The molecule has 0 saturated heterocycles. The maximum Gasteiger partial charge on any atom is 0.330 e. The van der Waals surface area contributed by atoms with E-state index in [-0.39, 0.29) is 6.61 Å². The average Bonchev–Trinajstić information content (AvgIpc) is 2.01. The number of hydrogen-bond donors (Lipinski definition) is 2. The Labute approximate surface area is 65.6 Å². The molecule has 64 valence electrons. The molecule has 0 spiro atoms. The van der Waals surface area contributed by atoms with Gasteiger partial charge in [0.25, 0.3) is 0 Å². The number of nitrogens with two attached hydrogens (primary N) is 1. The number of rotatable bonds is 5. The Balaban J connectivity index is 3.37. The third kappa shape index (κ3) is 5.57. The van der Waals surface area contributed by atoms with Crippen LogP contribution in [-0.4, -0.2) is 30.3 Å². The fourth-order valence-electron chi connectivity index (χ4n) is 0.513. The third-order valence-electron chi connectivity index (χ3n) is 1.08. The van der Waals surface area contributed by atoms with Gasteiger partial charge in [0.05, 0.1) is 6.10 Å². The fraction of sp³-hybridized carbons (Fsp3) is 0.571. The fourth-order valence-corrected chi connectivity index (χ4v) is 0.513. The molecule has 0 aromatic rings. The summed E-state index contributed by atoms with van der Waals surface area (Å²) in [5.74, 6) is -0.527. The van der Waals surface area contributed by atoms with Gasteiger partial charge < -0.3 is 15.6 Å². The van der Waals surface area contributed by atoms with Crippen LogP contribution < -0.4 is 5.73 Å². The molecule has 0 aliphatic carbocycles. The minimum absolute atomic E-state index is 0.0119. The third-order valence-corrected chi connectivity index (χ3v) is 1.08. The summed E-state index contributed by atoms with van der Waals surface area (Å²) in [6.45, 7) is 3.57. The number of aliphatic hydroxyl groups excluding tert-OH is 1. The molecular weight excluding hydrogens is 146 g/mol. The molecule has 0 heterocycles. The van der Waals surface area contributed by atoms with Crippen molar-refractivity contribution in [1.29, 1.82) is 0 Å². The highest BCUT2D eigenvalue weighted by Gasteiger charge is 2.04. The van der Waals surface area contributed by atoms with Crippen molar-refractivity contribution in [3.63, 3.8) is 0 Å². The first-order valence-corrected chi connectivity index (χ1v) is 3.38. The molecule has 0 aromatic carbocycles. The first kappa shape index (κ1) is 10.1. The van der Waals surface area contributed by atoms with Crippen molar-refractivity contribution in [2.45, 2.75) is 12.5 Å². The lowest BCUT2D eigenvalue weighted by Crippen LogP contribution is -2.20. The summed E-state index contributed by atoms with van der Waals surface area (Å²) < 4.78 is 4.54. The summed E-state index contributed by atoms with van der Waals surface area (Å²) in [5.41, 5.74) is 5.15. The minimum atomic E-state index is -0.663. The molecule has 4 heteroatoms.